The number of hydrogen-bond acceptors (Lipinski definition) is 4. The van der Waals surface area contributed by atoms with E-state index in [4.69, 9.17) is 0 Å². The highest BCUT2D eigenvalue weighted by atomic mass is 19.4. The monoisotopic (exact) mass is 288 g/mol. The van der Waals surface area contributed by atoms with Crippen molar-refractivity contribution in [2.24, 2.45) is 0 Å². The first-order valence-corrected chi connectivity index (χ1v) is 6.84. The second kappa shape index (κ2) is 6.39. The molecule has 0 amide bonds. The maximum atomic E-state index is 12.5. The molecule has 0 spiro atoms. The number of nitrogens with zero attached hydrogens (tertiary/aromatic N) is 3. The molecule has 0 saturated heterocycles. The van der Waals surface area contributed by atoms with Crippen LogP contribution in [-0.2, 0) is 6.54 Å². The Morgan fingerprint density at radius 2 is 1.95 bits per heavy atom. The van der Waals surface area contributed by atoms with E-state index < -0.39 is 12.7 Å². The fraction of sp³-hybridized carbons (Fsp3) is 0.692. The highest BCUT2D eigenvalue weighted by Gasteiger charge is 2.31. The van der Waals surface area contributed by atoms with Gasteiger partial charge in [-0.1, -0.05) is 6.92 Å². The van der Waals surface area contributed by atoms with Crippen molar-refractivity contribution in [1.82, 2.24) is 15.3 Å². The summed E-state index contributed by atoms with van der Waals surface area (Å²) in [5.41, 5.74) is 0.893. The molecule has 1 aromatic heterocycles. The van der Waals surface area contributed by atoms with Gasteiger partial charge in [0.2, 0.25) is 5.95 Å². The fourth-order valence-electron chi connectivity index (χ4n) is 1.89. The maximum Gasteiger partial charge on any atom is 0.406 e. The first-order valence-electron chi connectivity index (χ1n) is 6.84. The number of aromatic nitrogens is 2. The normalized spacial score (nSPS) is 15.4. The first-order chi connectivity index (χ1) is 9.48. The molecule has 1 aromatic rings. The van der Waals surface area contributed by atoms with Crippen LogP contribution in [0, 0.1) is 0 Å². The summed E-state index contributed by atoms with van der Waals surface area (Å²) in [6, 6.07) is 0.580. The van der Waals surface area contributed by atoms with E-state index in [9.17, 15) is 13.2 Å². The van der Waals surface area contributed by atoms with E-state index in [2.05, 4.69) is 15.3 Å². The van der Waals surface area contributed by atoms with E-state index in [0.717, 1.165) is 10.5 Å². The third-order valence-electron chi connectivity index (χ3n) is 3.01. The summed E-state index contributed by atoms with van der Waals surface area (Å²) < 4.78 is 37.5. The second-order valence-electron chi connectivity index (χ2n) is 5.08. The molecule has 1 aliphatic rings. The van der Waals surface area contributed by atoms with Crippen LogP contribution in [0.15, 0.2) is 12.4 Å². The van der Waals surface area contributed by atoms with Crippen LogP contribution in [-0.4, -0.2) is 35.3 Å². The van der Waals surface area contributed by atoms with Crippen LogP contribution in [0.3, 0.4) is 0 Å². The molecule has 7 heteroatoms. The van der Waals surface area contributed by atoms with Gasteiger partial charge in [0.1, 0.15) is 6.54 Å². The van der Waals surface area contributed by atoms with Crippen LogP contribution < -0.4 is 10.2 Å². The summed E-state index contributed by atoms with van der Waals surface area (Å²) in [5, 5.41) is 3.31. The van der Waals surface area contributed by atoms with Crippen molar-refractivity contribution in [1.29, 1.82) is 0 Å². The van der Waals surface area contributed by atoms with Crippen LogP contribution in [0.4, 0.5) is 19.1 Å². The molecule has 0 aliphatic heterocycles. The van der Waals surface area contributed by atoms with E-state index in [1.165, 1.54) is 12.8 Å². The second-order valence-corrected chi connectivity index (χ2v) is 5.08. The SMILES string of the molecule is CCCN(CC(F)(F)F)c1ncc(CNC2CC2)cn1. The molecule has 1 fully saturated rings. The molecule has 1 N–H and O–H groups in total. The lowest BCUT2D eigenvalue weighted by atomic mass is 10.3. The maximum absolute atomic E-state index is 12.5. The number of nitrogens with one attached hydrogen (secondary N) is 1. The molecule has 0 aromatic carbocycles. The van der Waals surface area contributed by atoms with Gasteiger partial charge >= 0.3 is 6.18 Å². The van der Waals surface area contributed by atoms with Gasteiger partial charge in [0.25, 0.3) is 0 Å². The Bertz CT molecular complexity index is 415. The zero-order chi connectivity index (χ0) is 14.6. The molecular weight excluding hydrogens is 269 g/mol. The average Bonchev–Trinajstić information content (AvgIpc) is 3.19. The largest absolute Gasteiger partial charge is 0.406 e. The van der Waals surface area contributed by atoms with Gasteiger partial charge in [0.05, 0.1) is 0 Å². The molecule has 1 aliphatic carbocycles. The zero-order valence-electron chi connectivity index (χ0n) is 11.5. The summed E-state index contributed by atoms with van der Waals surface area (Å²) in [4.78, 5) is 9.27. The molecule has 0 atom stereocenters. The van der Waals surface area contributed by atoms with Gasteiger partial charge in [0, 0.05) is 37.1 Å². The number of rotatable bonds is 7. The van der Waals surface area contributed by atoms with Crippen molar-refractivity contribution in [2.75, 3.05) is 18.0 Å². The van der Waals surface area contributed by atoms with Gasteiger partial charge in [0.15, 0.2) is 0 Å². The van der Waals surface area contributed by atoms with Crippen LogP contribution in [0.25, 0.3) is 0 Å². The molecule has 112 valence electrons. The number of halogens is 3. The van der Waals surface area contributed by atoms with Crippen LogP contribution >= 0.6 is 0 Å². The van der Waals surface area contributed by atoms with Crippen molar-refractivity contribution in [2.45, 2.75) is 44.9 Å². The van der Waals surface area contributed by atoms with Gasteiger partial charge in [-0.3, -0.25) is 0 Å². The van der Waals surface area contributed by atoms with Crippen LogP contribution in [0.2, 0.25) is 0 Å². The number of hydrogen-bond donors (Lipinski definition) is 1. The van der Waals surface area contributed by atoms with Crippen molar-refractivity contribution < 1.29 is 13.2 Å². The predicted octanol–water partition coefficient (Wildman–Crippen LogP) is 2.51. The third kappa shape index (κ3) is 4.96. The van der Waals surface area contributed by atoms with Crippen molar-refractivity contribution >= 4 is 5.95 Å². The first kappa shape index (κ1) is 15.0. The lowest BCUT2D eigenvalue weighted by Gasteiger charge is -2.23. The van der Waals surface area contributed by atoms with E-state index in [1.54, 1.807) is 12.4 Å². The zero-order valence-corrected chi connectivity index (χ0v) is 11.5. The Labute approximate surface area is 116 Å². The fourth-order valence-corrected chi connectivity index (χ4v) is 1.89. The van der Waals surface area contributed by atoms with E-state index in [1.807, 2.05) is 6.92 Å². The molecule has 4 nitrogen and oxygen atoms in total. The standard InChI is InChI=1S/C13H19F3N4/c1-2-5-20(9-13(14,15)16)12-18-7-10(8-19-12)6-17-11-3-4-11/h7-8,11,17H,2-6,9H2,1H3. The Hall–Kier alpha value is -1.37. The molecule has 0 radical (unpaired) electrons. The minimum Gasteiger partial charge on any atom is -0.332 e. The summed E-state index contributed by atoms with van der Waals surface area (Å²) >= 11 is 0. The Kier molecular flexibility index (Phi) is 4.80. The Morgan fingerprint density at radius 3 is 2.45 bits per heavy atom. The molecule has 20 heavy (non-hydrogen) atoms. The van der Waals surface area contributed by atoms with E-state index >= 15 is 0 Å². The lowest BCUT2D eigenvalue weighted by Crippen LogP contribution is -2.36. The highest BCUT2D eigenvalue weighted by molar-refractivity contribution is 5.30. The van der Waals surface area contributed by atoms with E-state index in [-0.39, 0.29) is 5.95 Å². The number of alkyl halides is 3. The quantitative estimate of drug-likeness (QED) is 0.837. The number of anilines is 1. The van der Waals surface area contributed by atoms with Crippen LogP contribution in [0.1, 0.15) is 31.7 Å². The third-order valence-corrected chi connectivity index (χ3v) is 3.01. The van der Waals surface area contributed by atoms with Gasteiger partial charge in [-0.15, -0.1) is 0 Å². The van der Waals surface area contributed by atoms with Gasteiger partial charge in [-0.2, -0.15) is 13.2 Å². The molecule has 2 rings (SSSR count). The lowest BCUT2D eigenvalue weighted by molar-refractivity contribution is -0.119. The van der Waals surface area contributed by atoms with Crippen molar-refractivity contribution in [3.8, 4) is 0 Å². The molecule has 0 bridgehead atoms. The van der Waals surface area contributed by atoms with Crippen molar-refractivity contribution in [3.05, 3.63) is 18.0 Å². The van der Waals surface area contributed by atoms with Gasteiger partial charge < -0.3 is 10.2 Å². The Balaban J connectivity index is 1.96. The smallest absolute Gasteiger partial charge is 0.332 e. The minimum absolute atomic E-state index is 0.138. The minimum atomic E-state index is -4.25. The van der Waals surface area contributed by atoms with E-state index in [0.29, 0.717) is 25.6 Å². The molecule has 1 saturated carbocycles. The van der Waals surface area contributed by atoms with Gasteiger partial charge in [-0.25, -0.2) is 9.97 Å². The summed E-state index contributed by atoms with van der Waals surface area (Å²) in [6.07, 6.45) is 1.94. The summed E-state index contributed by atoms with van der Waals surface area (Å²) in [5.74, 6) is 0.138. The summed E-state index contributed by atoms with van der Waals surface area (Å²) in [7, 11) is 0. The summed E-state index contributed by atoms with van der Waals surface area (Å²) in [6.45, 7) is 1.77. The molecular formula is C13H19F3N4. The van der Waals surface area contributed by atoms with Gasteiger partial charge in [-0.05, 0) is 19.3 Å². The molecule has 0 unspecified atom stereocenters. The highest BCUT2D eigenvalue weighted by Crippen LogP contribution is 2.21. The van der Waals surface area contributed by atoms with Crippen LogP contribution in [0.5, 0.6) is 0 Å². The average molecular weight is 288 g/mol. The Morgan fingerprint density at radius 1 is 1.30 bits per heavy atom. The topological polar surface area (TPSA) is 41.1 Å². The van der Waals surface area contributed by atoms with Crippen molar-refractivity contribution in [3.63, 3.8) is 0 Å². The predicted molar refractivity (Wildman–Crippen MR) is 70.5 cm³/mol. The molecule has 1 heterocycles.